The van der Waals surface area contributed by atoms with Crippen LogP contribution < -0.4 is 5.32 Å². The van der Waals surface area contributed by atoms with E-state index in [9.17, 15) is 4.79 Å². The van der Waals surface area contributed by atoms with Crippen molar-refractivity contribution in [2.24, 2.45) is 23.7 Å². The van der Waals surface area contributed by atoms with E-state index in [1.807, 2.05) is 0 Å². The molecule has 1 amide bonds. The molecule has 4 rings (SSSR count). The Labute approximate surface area is 128 Å². The normalized spacial score (nSPS) is 45.0. The molecule has 0 aromatic heterocycles. The summed E-state index contributed by atoms with van der Waals surface area (Å²) in [6.07, 6.45) is 11.3. The minimum Gasteiger partial charge on any atom is -0.323 e. The van der Waals surface area contributed by atoms with Crippen molar-refractivity contribution in [2.45, 2.75) is 83.5 Å². The molecule has 0 aromatic rings. The molecule has 4 fully saturated rings. The smallest absolute Gasteiger partial charge is 0.240 e. The third kappa shape index (κ3) is 2.23. The zero-order valence-corrected chi connectivity index (χ0v) is 13.6. The van der Waals surface area contributed by atoms with Gasteiger partial charge in [0.25, 0.3) is 0 Å². The Morgan fingerprint density at radius 2 is 1.86 bits per heavy atom. The molecule has 4 aliphatic rings. The van der Waals surface area contributed by atoms with Crippen LogP contribution in [0.2, 0.25) is 0 Å². The van der Waals surface area contributed by atoms with Gasteiger partial charge in [-0.25, -0.2) is 0 Å². The fourth-order valence-corrected chi connectivity index (χ4v) is 5.95. The van der Waals surface area contributed by atoms with E-state index >= 15 is 0 Å². The topological polar surface area (TPSA) is 32.3 Å². The van der Waals surface area contributed by atoms with Crippen molar-refractivity contribution in [1.29, 1.82) is 0 Å². The Hall–Kier alpha value is -0.570. The molecule has 1 N–H and O–H groups in total. The van der Waals surface area contributed by atoms with Crippen molar-refractivity contribution >= 4 is 5.91 Å². The third-order valence-corrected chi connectivity index (χ3v) is 7.04. The molecule has 0 spiro atoms. The number of carbonyl (C=O) groups is 1. The van der Waals surface area contributed by atoms with Gasteiger partial charge in [-0.2, -0.15) is 0 Å². The molecule has 0 radical (unpaired) electrons. The first-order valence-electron chi connectivity index (χ1n) is 9.23. The quantitative estimate of drug-likeness (QED) is 0.866. The summed E-state index contributed by atoms with van der Waals surface area (Å²) in [5.41, 5.74) is 0. The summed E-state index contributed by atoms with van der Waals surface area (Å²) >= 11 is 0. The highest BCUT2D eigenvalue weighted by atomic mass is 16.2. The average molecular weight is 290 g/mol. The van der Waals surface area contributed by atoms with Crippen molar-refractivity contribution in [1.82, 2.24) is 10.2 Å². The summed E-state index contributed by atoms with van der Waals surface area (Å²) in [5, 5.41) is 3.62. The lowest BCUT2D eigenvalue weighted by Gasteiger charge is -2.39. The fourth-order valence-electron chi connectivity index (χ4n) is 5.95. The van der Waals surface area contributed by atoms with Gasteiger partial charge in [0, 0.05) is 6.04 Å². The van der Waals surface area contributed by atoms with Gasteiger partial charge in [0.1, 0.15) is 0 Å². The lowest BCUT2D eigenvalue weighted by molar-refractivity contribution is -0.134. The number of fused-ring (bicyclic) bond motifs is 2. The summed E-state index contributed by atoms with van der Waals surface area (Å²) in [7, 11) is 0. The molecule has 3 aliphatic carbocycles. The summed E-state index contributed by atoms with van der Waals surface area (Å²) in [5.74, 6) is 3.69. The molecule has 1 saturated heterocycles. The van der Waals surface area contributed by atoms with Crippen LogP contribution in [0.4, 0.5) is 0 Å². The van der Waals surface area contributed by atoms with Crippen LogP contribution >= 0.6 is 0 Å². The Balaban J connectivity index is 1.53. The van der Waals surface area contributed by atoms with Crippen LogP contribution in [0.1, 0.15) is 65.2 Å². The predicted octanol–water partition coefficient (Wildman–Crippen LogP) is 3.15. The molecule has 118 valence electrons. The summed E-state index contributed by atoms with van der Waals surface area (Å²) < 4.78 is 0. The second-order valence-corrected chi connectivity index (χ2v) is 8.20. The maximum Gasteiger partial charge on any atom is 0.240 e. The standard InChI is InChI=1S/C18H30N2O/c1-11-18(21)20(17(19-11)14-5-3-4-6-14)12(2)16-10-13-7-8-15(16)9-13/h11-17,19H,3-10H2,1-2H3. The van der Waals surface area contributed by atoms with Gasteiger partial charge in [0.2, 0.25) is 5.91 Å². The van der Waals surface area contributed by atoms with Gasteiger partial charge in [-0.1, -0.05) is 19.3 Å². The van der Waals surface area contributed by atoms with Crippen LogP contribution in [0.5, 0.6) is 0 Å². The molecule has 0 aromatic carbocycles. The van der Waals surface area contributed by atoms with Crippen LogP contribution in [0, 0.1) is 23.7 Å². The van der Waals surface area contributed by atoms with Crippen molar-refractivity contribution in [2.75, 3.05) is 0 Å². The van der Waals surface area contributed by atoms with Crippen LogP contribution in [-0.4, -0.2) is 29.1 Å². The van der Waals surface area contributed by atoms with E-state index < -0.39 is 0 Å². The number of amides is 1. The van der Waals surface area contributed by atoms with Crippen molar-refractivity contribution < 1.29 is 4.79 Å². The van der Waals surface area contributed by atoms with Gasteiger partial charge >= 0.3 is 0 Å². The molecule has 6 unspecified atom stereocenters. The number of hydrogen-bond donors (Lipinski definition) is 1. The van der Waals surface area contributed by atoms with Crippen LogP contribution in [-0.2, 0) is 4.79 Å². The second-order valence-electron chi connectivity index (χ2n) is 8.20. The Bertz CT molecular complexity index is 417. The van der Waals surface area contributed by atoms with E-state index in [4.69, 9.17) is 0 Å². The molecular formula is C18H30N2O. The van der Waals surface area contributed by atoms with Crippen LogP contribution in [0.3, 0.4) is 0 Å². The monoisotopic (exact) mass is 290 g/mol. The number of rotatable bonds is 3. The van der Waals surface area contributed by atoms with E-state index in [2.05, 4.69) is 24.1 Å². The lowest BCUT2D eigenvalue weighted by atomic mass is 9.82. The molecular weight excluding hydrogens is 260 g/mol. The third-order valence-electron chi connectivity index (χ3n) is 7.04. The highest BCUT2D eigenvalue weighted by Gasteiger charge is 2.49. The summed E-state index contributed by atoms with van der Waals surface area (Å²) in [6.45, 7) is 4.39. The number of carbonyl (C=O) groups excluding carboxylic acids is 1. The van der Waals surface area contributed by atoms with Crippen molar-refractivity contribution in [3.8, 4) is 0 Å². The number of hydrogen-bond acceptors (Lipinski definition) is 2. The van der Waals surface area contributed by atoms with E-state index in [-0.39, 0.29) is 6.04 Å². The van der Waals surface area contributed by atoms with Gasteiger partial charge < -0.3 is 4.90 Å². The molecule has 3 nitrogen and oxygen atoms in total. The molecule has 3 heteroatoms. The minimum atomic E-state index is 0.0247. The van der Waals surface area contributed by atoms with Crippen molar-refractivity contribution in [3.63, 3.8) is 0 Å². The summed E-state index contributed by atoms with van der Waals surface area (Å²) in [4.78, 5) is 15.0. The SMILES string of the molecule is CC1NC(C2CCCC2)N(C(C)C2CC3CCC2C3)C1=O. The van der Waals surface area contributed by atoms with Gasteiger partial charge in [-0.05, 0) is 69.6 Å². The average Bonchev–Trinajstić information content (AvgIpc) is 3.23. The zero-order valence-electron chi connectivity index (χ0n) is 13.6. The van der Waals surface area contributed by atoms with Crippen molar-refractivity contribution in [3.05, 3.63) is 0 Å². The Morgan fingerprint density at radius 3 is 2.48 bits per heavy atom. The van der Waals surface area contributed by atoms with Gasteiger partial charge in [-0.3, -0.25) is 10.1 Å². The highest BCUT2D eigenvalue weighted by Crippen LogP contribution is 2.51. The fraction of sp³-hybridized carbons (Fsp3) is 0.944. The van der Waals surface area contributed by atoms with E-state index in [1.54, 1.807) is 0 Å². The highest BCUT2D eigenvalue weighted by molar-refractivity contribution is 5.84. The molecule has 1 aliphatic heterocycles. The molecule has 6 atom stereocenters. The van der Waals surface area contributed by atoms with E-state index in [0.29, 0.717) is 24.0 Å². The van der Waals surface area contributed by atoms with E-state index in [1.165, 1.54) is 51.4 Å². The summed E-state index contributed by atoms with van der Waals surface area (Å²) in [6, 6.07) is 0.465. The largest absolute Gasteiger partial charge is 0.323 e. The maximum atomic E-state index is 12.7. The Kier molecular flexibility index (Phi) is 3.52. The first-order valence-corrected chi connectivity index (χ1v) is 9.23. The predicted molar refractivity (Wildman–Crippen MR) is 83.6 cm³/mol. The van der Waals surface area contributed by atoms with Gasteiger partial charge in [-0.15, -0.1) is 0 Å². The maximum absolute atomic E-state index is 12.7. The zero-order chi connectivity index (χ0) is 14.6. The first kappa shape index (κ1) is 14.0. The number of nitrogens with one attached hydrogen (secondary N) is 1. The molecule has 2 bridgehead atoms. The van der Waals surface area contributed by atoms with Crippen LogP contribution in [0.25, 0.3) is 0 Å². The first-order chi connectivity index (χ1) is 10.1. The molecule has 3 saturated carbocycles. The molecule has 21 heavy (non-hydrogen) atoms. The van der Waals surface area contributed by atoms with E-state index in [0.717, 1.165) is 17.8 Å². The minimum absolute atomic E-state index is 0.0247. The van der Waals surface area contributed by atoms with Crippen LogP contribution in [0.15, 0.2) is 0 Å². The Morgan fingerprint density at radius 1 is 1.10 bits per heavy atom. The van der Waals surface area contributed by atoms with Gasteiger partial charge in [0.15, 0.2) is 0 Å². The number of nitrogens with zero attached hydrogens (tertiary/aromatic N) is 1. The second kappa shape index (κ2) is 5.26. The van der Waals surface area contributed by atoms with Gasteiger partial charge in [0.05, 0.1) is 12.2 Å². The molecule has 1 heterocycles. The lowest BCUT2D eigenvalue weighted by Crippen LogP contribution is -2.50.